The fraction of sp³-hybridized carbons (Fsp3) is 0.857. The van der Waals surface area contributed by atoms with E-state index in [4.69, 9.17) is 5.11 Å². The van der Waals surface area contributed by atoms with Gasteiger partial charge in [-0.05, 0) is 38.0 Å². The SMILES string of the molecule is CCN(CCC(=O)O)C(=O)NC1CCC(C)CC1C. The summed E-state index contributed by atoms with van der Waals surface area (Å²) in [5.41, 5.74) is 0. The first kappa shape index (κ1) is 15.8. The molecule has 3 unspecified atom stereocenters. The van der Waals surface area contributed by atoms with Crippen molar-refractivity contribution in [2.24, 2.45) is 11.8 Å². The Kier molecular flexibility index (Phi) is 6.12. The third kappa shape index (κ3) is 5.09. The second-order valence-corrected chi connectivity index (χ2v) is 5.67. The van der Waals surface area contributed by atoms with E-state index in [0.29, 0.717) is 12.5 Å². The summed E-state index contributed by atoms with van der Waals surface area (Å²) in [6.45, 7) is 7.10. The fourth-order valence-electron chi connectivity index (χ4n) is 2.76. The normalized spacial score (nSPS) is 26.8. The van der Waals surface area contributed by atoms with E-state index in [1.54, 1.807) is 4.90 Å². The Morgan fingerprint density at radius 2 is 2.00 bits per heavy atom. The van der Waals surface area contributed by atoms with Crippen molar-refractivity contribution < 1.29 is 14.7 Å². The zero-order chi connectivity index (χ0) is 14.4. The zero-order valence-corrected chi connectivity index (χ0v) is 12.2. The highest BCUT2D eigenvalue weighted by atomic mass is 16.4. The monoisotopic (exact) mass is 270 g/mol. The van der Waals surface area contributed by atoms with Crippen molar-refractivity contribution in [1.29, 1.82) is 0 Å². The molecule has 5 heteroatoms. The van der Waals surface area contributed by atoms with E-state index in [0.717, 1.165) is 25.2 Å². The highest BCUT2D eigenvalue weighted by Crippen LogP contribution is 2.28. The van der Waals surface area contributed by atoms with Crippen molar-refractivity contribution in [2.45, 2.75) is 52.5 Å². The summed E-state index contributed by atoms with van der Waals surface area (Å²) in [5.74, 6) is 0.356. The molecule has 19 heavy (non-hydrogen) atoms. The maximum absolute atomic E-state index is 12.1. The van der Waals surface area contributed by atoms with E-state index in [1.807, 2.05) is 6.92 Å². The number of nitrogens with one attached hydrogen (secondary N) is 1. The molecule has 1 fully saturated rings. The van der Waals surface area contributed by atoms with Crippen LogP contribution in [0.5, 0.6) is 0 Å². The number of hydrogen-bond donors (Lipinski definition) is 2. The standard InChI is InChI=1S/C14H26N2O3/c1-4-16(8-7-13(17)18)14(19)15-12-6-5-10(2)9-11(12)3/h10-12H,4-9H2,1-3H3,(H,15,19)(H,17,18). The second-order valence-electron chi connectivity index (χ2n) is 5.67. The summed E-state index contributed by atoms with van der Waals surface area (Å²) < 4.78 is 0. The Balaban J connectivity index is 2.45. The molecule has 1 saturated carbocycles. The van der Waals surface area contributed by atoms with Crippen molar-refractivity contribution in [2.75, 3.05) is 13.1 Å². The van der Waals surface area contributed by atoms with Crippen LogP contribution in [-0.4, -0.2) is 41.1 Å². The van der Waals surface area contributed by atoms with Gasteiger partial charge in [0.05, 0.1) is 6.42 Å². The number of nitrogens with zero attached hydrogens (tertiary/aromatic N) is 1. The molecule has 2 N–H and O–H groups in total. The van der Waals surface area contributed by atoms with Gasteiger partial charge in [-0.25, -0.2) is 4.79 Å². The quantitative estimate of drug-likeness (QED) is 0.805. The van der Waals surface area contributed by atoms with Gasteiger partial charge in [-0.1, -0.05) is 13.8 Å². The highest BCUT2D eigenvalue weighted by molar-refractivity contribution is 5.75. The maximum Gasteiger partial charge on any atom is 0.317 e. The van der Waals surface area contributed by atoms with Crippen LogP contribution < -0.4 is 5.32 Å². The van der Waals surface area contributed by atoms with Crippen LogP contribution in [0, 0.1) is 11.8 Å². The number of urea groups is 1. The molecule has 0 radical (unpaired) electrons. The summed E-state index contributed by atoms with van der Waals surface area (Å²) in [4.78, 5) is 24.2. The summed E-state index contributed by atoms with van der Waals surface area (Å²) >= 11 is 0. The molecule has 1 rings (SSSR count). The molecule has 0 aromatic rings. The van der Waals surface area contributed by atoms with Crippen LogP contribution in [-0.2, 0) is 4.79 Å². The molecular formula is C14H26N2O3. The molecule has 0 bridgehead atoms. The van der Waals surface area contributed by atoms with Crippen LogP contribution in [0.1, 0.15) is 46.5 Å². The molecule has 5 nitrogen and oxygen atoms in total. The first-order valence-corrected chi connectivity index (χ1v) is 7.21. The summed E-state index contributed by atoms with van der Waals surface area (Å²) in [6.07, 6.45) is 3.31. The van der Waals surface area contributed by atoms with Crippen LogP contribution in [0.15, 0.2) is 0 Å². The van der Waals surface area contributed by atoms with Gasteiger partial charge in [0.15, 0.2) is 0 Å². The van der Waals surface area contributed by atoms with Crippen LogP contribution in [0.2, 0.25) is 0 Å². The minimum absolute atomic E-state index is 0.00147. The molecular weight excluding hydrogens is 244 g/mol. The molecule has 1 aliphatic carbocycles. The number of rotatable bonds is 5. The van der Waals surface area contributed by atoms with Crippen molar-refractivity contribution in [3.63, 3.8) is 0 Å². The third-order valence-corrected chi connectivity index (χ3v) is 4.00. The van der Waals surface area contributed by atoms with Gasteiger partial charge >= 0.3 is 12.0 Å². The van der Waals surface area contributed by atoms with Gasteiger partial charge < -0.3 is 15.3 Å². The topological polar surface area (TPSA) is 69.6 Å². The van der Waals surface area contributed by atoms with E-state index in [-0.39, 0.29) is 25.0 Å². The smallest absolute Gasteiger partial charge is 0.317 e. The van der Waals surface area contributed by atoms with Gasteiger partial charge in [0.2, 0.25) is 0 Å². The molecule has 0 heterocycles. The predicted molar refractivity (Wildman–Crippen MR) is 74.0 cm³/mol. The number of carbonyl (C=O) groups is 2. The number of carbonyl (C=O) groups excluding carboxylic acids is 1. The van der Waals surface area contributed by atoms with Crippen molar-refractivity contribution in [3.05, 3.63) is 0 Å². The number of amides is 2. The second kappa shape index (κ2) is 7.36. The molecule has 0 saturated heterocycles. The van der Waals surface area contributed by atoms with Gasteiger partial charge in [0.1, 0.15) is 0 Å². The molecule has 0 aromatic carbocycles. The number of hydrogen-bond acceptors (Lipinski definition) is 2. The van der Waals surface area contributed by atoms with Gasteiger partial charge in [-0.15, -0.1) is 0 Å². The zero-order valence-electron chi connectivity index (χ0n) is 12.2. The maximum atomic E-state index is 12.1. The van der Waals surface area contributed by atoms with Crippen LogP contribution in [0.25, 0.3) is 0 Å². The first-order valence-electron chi connectivity index (χ1n) is 7.21. The molecule has 0 spiro atoms. The van der Waals surface area contributed by atoms with Gasteiger partial charge in [-0.3, -0.25) is 4.79 Å². The van der Waals surface area contributed by atoms with Crippen molar-refractivity contribution in [3.8, 4) is 0 Å². The lowest BCUT2D eigenvalue weighted by molar-refractivity contribution is -0.137. The highest BCUT2D eigenvalue weighted by Gasteiger charge is 2.27. The lowest BCUT2D eigenvalue weighted by Gasteiger charge is -2.34. The molecule has 2 amide bonds. The first-order chi connectivity index (χ1) is 8.93. The summed E-state index contributed by atoms with van der Waals surface area (Å²) in [5, 5.41) is 11.7. The largest absolute Gasteiger partial charge is 0.481 e. The molecule has 0 aliphatic heterocycles. The lowest BCUT2D eigenvalue weighted by Crippen LogP contribution is -2.49. The predicted octanol–water partition coefficient (Wildman–Crippen LogP) is 2.32. The number of carboxylic acids is 1. The van der Waals surface area contributed by atoms with E-state index in [2.05, 4.69) is 19.2 Å². The third-order valence-electron chi connectivity index (χ3n) is 4.00. The Bertz CT molecular complexity index is 320. The Labute approximate surface area is 115 Å². The molecule has 1 aliphatic rings. The Morgan fingerprint density at radius 1 is 1.32 bits per heavy atom. The van der Waals surface area contributed by atoms with Crippen molar-refractivity contribution in [1.82, 2.24) is 10.2 Å². The van der Waals surface area contributed by atoms with Crippen LogP contribution in [0.3, 0.4) is 0 Å². The minimum atomic E-state index is -0.869. The van der Waals surface area contributed by atoms with Gasteiger partial charge in [-0.2, -0.15) is 0 Å². The Morgan fingerprint density at radius 3 is 2.53 bits per heavy atom. The van der Waals surface area contributed by atoms with Crippen LogP contribution >= 0.6 is 0 Å². The van der Waals surface area contributed by atoms with Gasteiger partial charge in [0.25, 0.3) is 0 Å². The van der Waals surface area contributed by atoms with Crippen molar-refractivity contribution >= 4 is 12.0 Å². The van der Waals surface area contributed by atoms with E-state index in [1.165, 1.54) is 0 Å². The average Bonchev–Trinajstić information content (AvgIpc) is 2.33. The Hall–Kier alpha value is -1.26. The molecule has 3 atom stereocenters. The molecule has 0 aromatic heterocycles. The number of carboxylic acid groups (broad SMARTS) is 1. The van der Waals surface area contributed by atoms with Gasteiger partial charge in [0, 0.05) is 19.1 Å². The fourth-order valence-corrected chi connectivity index (χ4v) is 2.76. The van der Waals surface area contributed by atoms with E-state index < -0.39 is 5.97 Å². The average molecular weight is 270 g/mol. The lowest BCUT2D eigenvalue weighted by atomic mass is 9.80. The summed E-state index contributed by atoms with van der Waals surface area (Å²) in [7, 11) is 0. The van der Waals surface area contributed by atoms with E-state index in [9.17, 15) is 9.59 Å². The van der Waals surface area contributed by atoms with E-state index >= 15 is 0 Å². The summed E-state index contributed by atoms with van der Waals surface area (Å²) in [6, 6.07) is 0.0951. The number of aliphatic carboxylic acids is 1. The molecule has 110 valence electrons. The minimum Gasteiger partial charge on any atom is -0.481 e. The van der Waals surface area contributed by atoms with Crippen LogP contribution in [0.4, 0.5) is 4.79 Å².